The number of carboxylic acids is 1. The highest BCUT2D eigenvalue weighted by Gasteiger charge is 2.28. The van der Waals surface area contributed by atoms with Crippen molar-refractivity contribution < 1.29 is 14.7 Å². The van der Waals surface area contributed by atoms with E-state index in [4.69, 9.17) is 5.11 Å². The first kappa shape index (κ1) is 14.4. The summed E-state index contributed by atoms with van der Waals surface area (Å²) in [6, 6.07) is -0.00421. The smallest absolute Gasteiger partial charge is 0.303 e. The zero-order valence-electron chi connectivity index (χ0n) is 11.6. The molecule has 6 heteroatoms. The van der Waals surface area contributed by atoms with Gasteiger partial charge in [-0.15, -0.1) is 0 Å². The lowest BCUT2D eigenvalue weighted by Crippen LogP contribution is -2.44. The average Bonchev–Trinajstić information content (AvgIpc) is 2.45. The van der Waals surface area contributed by atoms with E-state index in [0.29, 0.717) is 18.7 Å². The van der Waals surface area contributed by atoms with Gasteiger partial charge in [-0.1, -0.05) is 0 Å². The fraction of sp³-hybridized carbons (Fsp3) is 0.571. The number of amides is 1. The highest BCUT2D eigenvalue weighted by Crippen LogP contribution is 2.22. The van der Waals surface area contributed by atoms with Crippen LogP contribution < -0.4 is 0 Å². The van der Waals surface area contributed by atoms with Gasteiger partial charge in [0.05, 0.1) is 11.9 Å². The first-order valence-electron chi connectivity index (χ1n) is 6.89. The lowest BCUT2D eigenvalue weighted by molar-refractivity contribution is -0.137. The molecule has 1 amide bonds. The van der Waals surface area contributed by atoms with Crippen LogP contribution in [0.25, 0.3) is 0 Å². The summed E-state index contributed by atoms with van der Waals surface area (Å²) in [5.41, 5.74) is 1.10. The van der Waals surface area contributed by atoms with E-state index in [9.17, 15) is 9.59 Å². The first-order chi connectivity index (χ1) is 9.58. The van der Waals surface area contributed by atoms with Crippen LogP contribution in [0.1, 0.15) is 48.3 Å². The summed E-state index contributed by atoms with van der Waals surface area (Å²) < 4.78 is 0. The number of carboxylic acid groups (broad SMARTS) is 1. The van der Waals surface area contributed by atoms with Gasteiger partial charge in [0.15, 0.2) is 0 Å². The number of carbonyl (C=O) groups excluding carboxylic acids is 1. The van der Waals surface area contributed by atoms with E-state index in [2.05, 4.69) is 9.97 Å². The molecule has 0 spiro atoms. The van der Waals surface area contributed by atoms with Crippen LogP contribution in [0.2, 0.25) is 0 Å². The van der Waals surface area contributed by atoms with Crippen LogP contribution >= 0.6 is 0 Å². The van der Waals surface area contributed by atoms with Crippen molar-refractivity contribution in [3.05, 3.63) is 23.8 Å². The van der Waals surface area contributed by atoms with Gasteiger partial charge in [0.25, 0.3) is 5.91 Å². The molecule has 0 aliphatic carbocycles. The Morgan fingerprint density at radius 3 is 2.80 bits per heavy atom. The summed E-state index contributed by atoms with van der Waals surface area (Å²) in [7, 11) is 0. The van der Waals surface area contributed by atoms with Crippen molar-refractivity contribution in [1.29, 1.82) is 0 Å². The van der Waals surface area contributed by atoms with Crippen LogP contribution in [0.15, 0.2) is 12.4 Å². The molecule has 2 heterocycles. The van der Waals surface area contributed by atoms with Crippen LogP contribution in [-0.2, 0) is 4.79 Å². The van der Waals surface area contributed by atoms with Gasteiger partial charge in [0.2, 0.25) is 0 Å². The van der Waals surface area contributed by atoms with Crippen molar-refractivity contribution in [2.24, 2.45) is 0 Å². The number of nitrogens with zero attached hydrogens (tertiary/aromatic N) is 3. The Bertz CT molecular complexity index is 487. The zero-order valence-corrected chi connectivity index (χ0v) is 11.6. The molecule has 1 aliphatic heterocycles. The summed E-state index contributed by atoms with van der Waals surface area (Å²) >= 11 is 0. The van der Waals surface area contributed by atoms with E-state index in [-0.39, 0.29) is 18.4 Å². The van der Waals surface area contributed by atoms with E-state index in [1.807, 2.05) is 6.92 Å². The molecule has 108 valence electrons. The lowest BCUT2D eigenvalue weighted by Gasteiger charge is -2.35. The number of piperidine rings is 1. The Hall–Kier alpha value is -1.98. The van der Waals surface area contributed by atoms with Crippen molar-refractivity contribution >= 4 is 11.9 Å². The van der Waals surface area contributed by atoms with E-state index in [1.165, 1.54) is 6.20 Å². The number of aryl methyl sites for hydroxylation is 1. The fourth-order valence-corrected chi connectivity index (χ4v) is 2.51. The first-order valence-corrected chi connectivity index (χ1v) is 6.89. The molecule has 1 aromatic rings. The molecule has 2 rings (SSSR count). The lowest BCUT2D eigenvalue weighted by atomic mass is 9.97. The number of likely N-dealkylation sites (tertiary alicyclic amines) is 1. The molecule has 0 aromatic carbocycles. The summed E-state index contributed by atoms with van der Waals surface area (Å²) in [6.07, 6.45) is 6.50. The van der Waals surface area contributed by atoms with Gasteiger partial charge < -0.3 is 10.0 Å². The quantitative estimate of drug-likeness (QED) is 0.904. The molecule has 1 saturated heterocycles. The molecule has 1 aliphatic rings. The summed E-state index contributed by atoms with van der Waals surface area (Å²) in [4.78, 5) is 33.1. The topological polar surface area (TPSA) is 83.4 Å². The minimum Gasteiger partial charge on any atom is -0.481 e. The summed E-state index contributed by atoms with van der Waals surface area (Å²) in [5.74, 6) is -0.967. The molecule has 6 nitrogen and oxygen atoms in total. The Labute approximate surface area is 117 Å². The highest BCUT2D eigenvalue weighted by atomic mass is 16.4. The van der Waals surface area contributed by atoms with Crippen LogP contribution in [0, 0.1) is 6.92 Å². The number of aliphatic carboxylic acids is 1. The molecule has 0 unspecified atom stereocenters. The molecule has 1 atom stereocenters. The molecule has 0 bridgehead atoms. The molecule has 0 saturated carbocycles. The number of carbonyl (C=O) groups is 2. The molecule has 1 fully saturated rings. The highest BCUT2D eigenvalue weighted by molar-refractivity contribution is 5.92. The largest absolute Gasteiger partial charge is 0.481 e. The van der Waals surface area contributed by atoms with Crippen LogP contribution in [0.4, 0.5) is 0 Å². The predicted molar refractivity (Wildman–Crippen MR) is 72.3 cm³/mol. The normalized spacial score (nSPS) is 18.9. The van der Waals surface area contributed by atoms with E-state index < -0.39 is 5.97 Å². The molecular weight excluding hydrogens is 258 g/mol. The van der Waals surface area contributed by atoms with E-state index in [1.54, 1.807) is 11.1 Å². The molecule has 20 heavy (non-hydrogen) atoms. The van der Waals surface area contributed by atoms with Gasteiger partial charge >= 0.3 is 5.97 Å². The van der Waals surface area contributed by atoms with Crippen LogP contribution in [0.3, 0.4) is 0 Å². The van der Waals surface area contributed by atoms with Crippen molar-refractivity contribution in [1.82, 2.24) is 14.9 Å². The standard InChI is InChI=1S/C14H19N3O3/c1-10-8-16-12(9-15-10)14(20)17-7-3-2-4-11(17)5-6-13(18)19/h8-9,11H,2-7H2,1H3,(H,18,19)/t11-/m0/s1. The Morgan fingerprint density at radius 2 is 2.15 bits per heavy atom. The number of aromatic nitrogens is 2. The Balaban J connectivity index is 2.08. The maximum absolute atomic E-state index is 12.4. The van der Waals surface area contributed by atoms with Gasteiger partial charge in [-0.2, -0.15) is 0 Å². The minimum atomic E-state index is -0.821. The third-order valence-corrected chi connectivity index (χ3v) is 3.58. The number of rotatable bonds is 4. The summed E-state index contributed by atoms with van der Waals surface area (Å²) in [5, 5.41) is 8.79. The van der Waals surface area contributed by atoms with E-state index >= 15 is 0 Å². The minimum absolute atomic E-state index is 0.00421. The van der Waals surface area contributed by atoms with Crippen molar-refractivity contribution in [2.75, 3.05) is 6.54 Å². The molecule has 1 N–H and O–H groups in total. The molecule has 0 radical (unpaired) electrons. The Morgan fingerprint density at radius 1 is 1.35 bits per heavy atom. The molecular formula is C14H19N3O3. The summed E-state index contributed by atoms with van der Waals surface area (Å²) in [6.45, 7) is 2.48. The van der Waals surface area contributed by atoms with E-state index in [0.717, 1.165) is 25.0 Å². The van der Waals surface area contributed by atoms with Gasteiger partial charge in [0.1, 0.15) is 5.69 Å². The monoisotopic (exact) mass is 277 g/mol. The van der Waals surface area contributed by atoms with Crippen LogP contribution in [-0.4, -0.2) is 44.4 Å². The fourth-order valence-electron chi connectivity index (χ4n) is 2.51. The van der Waals surface area contributed by atoms with Crippen molar-refractivity contribution in [3.8, 4) is 0 Å². The second-order valence-corrected chi connectivity index (χ2v) is 5.12. The van der Waals surface area contributed by atoms with Crippen molar-refractivity contribution in [3.63, 3.8) is 0 Å². The third kappa shape index (κ3) is 3.53. The van der Waals surface area contributed by atoms with Crippen molar-refractivity contribution in [2.45, 2.75) is 45.1 Å². The number of hydrogen-bond acceptors (Lipinski definition) is 4. The van der Waals surface area contributed by atoms with Gasteiger partial charge in [-0.25, -0.2) is 4.98 Å². The Kier molecular flexibility index (Phi) is 4.65. The second kappa shape index (κ2) is 6.45. The second-order valence-electron chi connectivity index (χ2n) is 5.12. The SMILES string of the molecule is Cc1cnc(C(=O)N2CCCC[C@H]2CCC(=O)O)cn1. The predicted octanol–water partition coefficient (Wildman–Crippen LogP) is 1.64. The number of hydrogen-bond donors (Lipinski definition) is 1. The maximum Gasteiger partial charge on any atom is 0.303 e. The van der Waals surface area contributed by atoms with Crippen LogP contribution in [0.5, 0.6) is 0 Å². The van der Waals surface area contributed by atoms with Gasteiger partial charge in [-0.3, -0.25) is 14.6 Å². The van der Waals surface area contributed by atoms with Gasteiger partial charge in [-0.05, 0) is 32.6 Å². The third-order valence-electron chi connectivity index (χ3n) is 3.58. The van der Waals surface area contributed by atoms with Gasteiger partial charge in [0, 0.05) is 25.2 Å². The average molecular weight is 277 g/mol. The molecule has 1 aromatic heterocycles. The maximum atomic E-state index is 12.4. The zero-order chi connectivity index (χ0) is 14.5.